The number of sulfone groups is 1. The summed E-state index contributed by atoms with van der Waals surface area (Å²) in [6, 6.07) is 3.56. The summed E-state index contributed by atoms with van der Waals surface area (Å²) in [4.78, 5) is 24.9. The second-order valence-corrected chi connectivity index (χ2v) is 8.16. The molecular formula is C16H21NO8S. The number of ketones is 1. The zero-order valence-electron chi connectivity index (χ0n) is 14.4. The maximum Gasteiger partial charge on any atom is 0.317 e. The monoisotopic (exact) mass is 387 g/mol. The molecule has 1 aromatic carbocycles. The summed E-state index contributed by atoms with van der Waals surface area (Å²) >= 11 is 0. The van der Waals surface area contributed by atoms with Gasteiger partial charge in [0.2, 0.25) is 0 Å². The zero-order valence-corrected chi connectivity index (χ0v) is 15.2. The Morgan fingerprint density at radius 3 is 2.31 bits per heavy atom. The van der Waals surface area contributed by atoms with E-state index in [1.165, 1.54) is 31.3 Å². The predicted molar refractivity (Wildman–Crippen MR) is 91.5 cm³/mol. The molecule has 1 saturated heterocycles. The summed E-state index contributed by atoms with van der Waals surface area (Å²) in [5, 5.41) is 19.1. The fourth-order valence-corrected chi connectivity index (χ4v) is 4.74. The van der Waals surface area contributed by atoms with Crippen LogP contribution in [0.3, 0.4) is 0 Å². The highest BCUT2D eigenvalue weighted by Gasteiger charge is 2.41. The van der Waals surface area contributed by atoms with E-state index in [1.807, 2.05) is 0 Å². The topological polar surface area (TPSA) is 130 Å². The molecule has 2 N–H and O–H groups in total. The molecule has 0 aromatic heterocycles. The van der Waals surface area contributed by atoms with Crippen LogP contribution in [0.2, 0.25) is 0 Å². The fraction of sp³-hybridized carbons (Fsp3) is 0.500. The standard InChI is InChI=1S/C16H21NO8S/c1-24-14-4-3-10(5-15(14)25-2)12(18)6-17(7-16(20)21)11-8-26(22,23)9-13(11)19/h3-5,11,13,19H,6-9H2,1-2H3,(H,20,21)/t11-,13-/m1/s1. The molecule has 0 amide bonds. The molecule has 1 fully saturated rings. The maximum atomic E-state index is 12.6. The van der Waals surface area contributed by atoms with Crippen LogP contribution in [0.25, 0.3) is 0 Å². The Labute approximate surface area is 151 Å². The van der Waals surface area contributed by atoms with Gasteiger partial charge in [0.15, 0.2) is 27.1 Å². The first-order valence-corrected chi connectivity index (χ1v) is 9.58. The summed E-state index contributed by atoms with van der Waals surface area (Å²) in [7, 11) is -0.605. The summed E-state index contributed by atoms with van der Waals surface area (Å²) in [5.41, 5.74) is 0.258. The lowest BCUT2D eigenvalue weighted by atomic mass is 10.1. The number of aliphatic carboxylic acids is 1. The number of nitrogens with zero attached hydrogens (tertiary/aromatic N) is 1. The summed E-state index contributed by atoms with van der Waals surface area (Å²) in [6.45, 7) is -0.907. The summed E-state index contributed by atoms with van der Waals surface area (Å²) in [6.07, 6.45) is -1.24. The first kappa shape index (κ1) is 20.1. The molecule has 0 aliphatic carbocycles. The van der Waals surface area contributed by atoms with Crippen LogP contribution in [0, 0.1) is 0 Å². The molecule has 1 aromatic rings. The Morgan fingerprint density at radius 1 is 1.15 bits per heavy atom. The Balaban J connectivity index is 2.23. The van der Waals surface area contributed by atoms with Gasteiger partial charge in [0.05, 0.1) is 51.0 Å². The minimum Gasteiger partial charge on any atom is -0.493 e. The molecular weight excluding hydrogens is 366 g/mol. The van der Waals surface area contributed by atoms with Gasteiger partial charge in [-0.15, -0.1) is 0 Å². The van der Waals surface area contributed by atoms with Crippen LogP contribution in [0.4, 0.5) is 0 Å². The number of aliphatic hydroxyl groups excluding tert-OH is 1. The van der Waals surface area contributed by atoms with Crippen molar-refractivity contribution in [1.29, 1.82) is 0 Å². The van der Waals surface area contributed by atoms with Crippen molar-refractivity contribution < 1.29 is 37.7 Å². The Bertz CT molecular complexity index is 791. The number of carboxylic acids is 1. The highest BCUT2D eigenvalue weighted by Crippen LogP contribution is 2.28. The van der Waals surface area contributed by atoms with Gasteiger partial charge in [-0.1, -0.05) is 0 Å². The third-order valence-corrected chi connectivity index (χ3v) is 5.85. The molecule has 0 radical (unpaired) electrons. The molecule has 0 saturated carbocycles. The Morgan fingerprint density at radius 2 is 1.81 bits per heavy atom. The number of carbonyl (C=O) groups is 2. The minimum absolute atomic E-state index is 0.258. The molecule has 9 nitrogen and oxygen atoms in total. The number of methoxy groups -OCH3 is 2. The lowest BCUT2D eigenvalue weighted by Crippen LogP contribution is -2.47. The summed E-state index contributed by atoms with van der Waals surface area (Å²) in [5.74, 6) is -1.71. The lowest BCUT2D eigenvalue weighted by Gasteiger charge is -2.27. The predicted octanol–water partition coefficient (Wildman–Crippen LogP) is -0.569. The van der Waals surface area contributed by atoms with Gasteiger partial charge in [-0.3, -0.25) is 14.5 Å². The van der Waals surface area contributed by atoms with Gasteiger partial charge in [0.1, 0.15) is 0 Å². The average molecular weight is 387 g/mol. The number of Topliss-reactive ketones (excluding diaryl/α,β-unsaturated/α-hetero) is 1. The smallest absolute Gasteiger partial charge is 0.317 e. The number of hydrogen-bond donors (Lipinski definition) is 2. The molecule has 2 rings (SSSR count). The van der Waals surface area contributed by atoms with Crippen molar-refractivity contribution >= 4 is 21.6 Å². The number of aliphatic hydroxyl groups is 1. The van der Waals surface area contributed by atoms with Gasteiger partial charge >= 0.3 is 5.97 Å². The molecule has 10 heteroatoms. The van der Waals surface area contributed by atoms with Gasteiger partial charge in [-0.05, 0) is 18.2 Å². The van der Waals surface area contributed by atoms with E-state index in [2.05, 4.69) is 0 Å². The van der Waals surface area contributed by atoms with E-state index >= 15 is 0 Å². The number of benzene rings is 1. The van der Waals surface area contributed by atoms with Crippen LogP contribution >= 0.6 is 0 Å². The fourth-order valence-electron chi connectivity index (χ4n) is 2.91. The number of rotatable bonds is 8. The molecule has 26 heavy (non-hydrogen) atoms. The van der Waals surface area contributed by atoms with Gasteiger partial charge in [0, 0.05) is 5.56 Å². The molecule has 144 valence electrons. The van der Waals surface area contributed by atoms with E-state index in [0.29, 0.717) is 11.5 Å². The lowest BCUT2D eigenvalue weighted by molar-refractivity contribution is -0.139. The largest absolute Gasteiger partial charge is 0.493 e. The van der Waals surface area contributed by atoms with Gasteiger partial charge < -0.3 is 19.7 Å². The van der Waals surface area contributed by atoms with Gasteiger partial charge in [-0.25, -0.2) is 8.42 Å². The van der Waals surface area contributed by atoms with E-state index in [4.69, 9.17) is 14.6 Å². The van der Waals surface area contributed by atoms with Crippen molar-refractivity contribution in [3.63, 3.8) is 0 Å². The van der Waals surface area contributed by atoms with E-state index < -0.39 is 46.0 Å². The van der Waals surface area contributed by atoms with Crippen LogP contribution < -0.4 is 9.47 Å². The molecule has 1 aliphatic rings. The van der Waals surface area contributed by atoms with E-state index in [0.717, 1.165) is 0 Å². The van der Waals surface area contributed by atoms with Crippen LogP contribution in [0.1, 0.15) is 10.4 Å². The van der Waals surface area contributed by atoms with Gasteiger partial charge in [-0.2, -0.15) is 0 Å². The molecule has 0 unspecified atom stereocenters. The first-order valence-electron chi connectivity index (χ1n) is 7.76. The van der Waals surface area contributed by atoms with Crippen LogP contribution in [0.5, 0.6) is 11.5 Å². The second-order valence-electron chi connectivity index (χ2n) is 6.00. The third kappa shape index (κ3) is 4.71. The highest BCUT2D eigenvalue weighted by molar-refractivity contribution is 7.91. The van der Waals surface area contributed by atoms with Crippen molar-refractivity contribution in [3.05, 3.63) is 23.8 Å². The quantitative estimate of drug-likeness (QED) is 0.563. The number of carboxylic acid groups (broad SMARTS) is 1. The van der Waals surface area contributed by atoms with E-state index in [1.54, 1.807) is 6.07 Å². The Hall–Kier alpha value is -2.17. The highest BCUT2D eigenvalue weighted by atomic mass is 32.2. The summed E-state index contributed by atoms with van der Waals surface area (Å²) < 4.78 is 33.6. The minimum atomic E-state index is -3.48. The SMILES string of the molecule is COc1ccc(C(=O)CN(CC(=O)O)[C@@H]2CS(=O)(=O)C[C@H]2O)cc1OC. The third-order valence-electron chi connectivity index (χ3n) is 4.15. The molecule has 0 bridgehead atoms. The second kappa shape index (κ2) is 8.02. The first-order chi connectivity index (χ1) is 12.2. The molecule has 0 spiro atoms. The van der Waals surface area contributed by atoms with E-state index in [-0.39, 0.29) is 17.9 Å². The zero-order chi connectivity index (χ0) is 19.5. The molecule has 1 heterocycles. The molecule has 2 atom stereocenters. The Kier molecular flexibility index (Phi) is 6.21. The van der Waals surface area contributed by atoms with Crippen LogP contribution in [-0.2, 0) is 14.6 Å². The van der Waals surface area contributed by atoms with Crippen molar-refractivity contribution in [1.82, 2.24) is 4.90 Å². The van der Waals surface area contributed by atoms with E-state index in [9.17, 15) is 23.1 Å². The number of hydrogen-bond acceptors (Lipinski definition) is 8. The van der Waals surface area contributed by atoms with Crippen molar-refractivity contribution in [2.75, 3.05) is 38.8 Å². The van der Waals surface area contributed by atoms with Crippen molar-refractivity contribution in [2.24, 2.45) is 0 Å². The molecule has 1 aliphatic heterocycles. The number of ether oxygens (including phenoxy) is 2. The number of carbonyl (C=O) groups excluding carboxylic acids is 1. The normalized spacial score (nSPS) is 21.5. The van der Waals surface area contributed by atoms with Gasteiger partial charge in [0.25, 0.3) is 0 Å². The average Bonchev–Trinajstić information content (AvgIpc) is 2.85. The van der Waals surface area contributed by atoms with Crippen LogP contribution in [0.15, 0.2) is 18.2 Å². The van der Waals surface area contributed by atoms with Crippen LogP contribution in [-0.4, -0.2) is 86.2 Å². The maximum absolute atomic E-state index is 12.6. The van der Waals surface area contributed by atoms with Crippen molar-refractivity contribution in [2.45, 2.75) is 12.1 Å². The van der Waals surface area contributed by atoms with Crippen molar-refractivity contribution in [3.8, 4) is 11.5 Å².